The first kappa shape index (κ1) is 23.9. The normalized spacial score (nSPS) is 17.0. The van der Waals surface area contributed by atoms with E-state index in [4.69, 9.17) is 4.74 Å². The zero-order valence-corrected chi connectivity index (χ0v) is 20.3. The predicted molar refractivity (Wildman–Crippen MR) is 130 cm³/mol. The first-order valence-electron chi connectivity index (χ1n) is 12.1. The average Bonchev–Trinajstić information content (AvgIpc) is 3.50. The number of amides is 3. The number of likely N-dealkylation sites (tertiary alicyclic amines) is 2. The van der Waals surface area contributed by atoms with Crippen LogP contribution in [0.4, 0.5) is 10.5 Å². The molecule has 2 fully saturated rings. The van der Waals surface area contributed by atoms with E-state index in [2.05, 4.69) is 5.32 Å². The van der Waals surface area contributed by atoms with Crippen molar-refractivity contribution in [3.05, 3.63) is 53.9 Å². The summed E-state index contributed by atoms with van der Waals surface area (Å²) in [5.74, 6) is -0.153. The molecule has 0 unspecified atom stereocenters. The second kappa shape index (κ2) is 9.91. The Labute approximate surface area is 200 Å². The molecule has 2 aliphatic heterocycles. The SMILES string of the molecule is CC(C)(C)OC(=O)N1CCC(n2cccc2C(=O)Nc2ccc(C(=O)N3CCCC3)cc2)CC1. The van der Waals surface area contributed by atoms with Crippen LogP contribution in [0.5, 0.6) is 0 Å². The fraction of sp³-hybridized carbons (Fsp3) is 0.500. The molecule has 0 aliphatic carbocycles. The van der Waals surface area contributed by atoms with Crippen molar-refractivity contribution >= 4 is 23.6 Å². The molecule has 2 aliphatic rings. The largest absolute Gasteiger partial charge is 0.444 e. The van der Waals surface area contributed by atoms with Crippen LogP contribution in [-0.4, -0.2) is 64.1 Å². The Morgan fingerprint density at radius 2 is 1.56 bits per heavy atom. The van der Waals surface area contributed by atoms with E-state index in [-0.39, 0.29) is 23.9 Å². The molecule has 3 heterocycles. The van der Waals surface area contributed by atoms with Crippen LogP contribution in [0.3, 0.4) is 0 Å². The molecule has 0 bridgehead atoms. The number of carbonyl (C=O) groups is 3. The Kier molecular flexibility index (Phi) is 6.95. The third-order valence-corrected chi connectivity index (χ3v) is 6.30. The number of hydrogen-bond donors (Lipinski definition) is 1. The van der Waals surface area contributed by atoms with E-state index in [1.54, 1.807) is 35.2 Å². The minimum Gasteiger partial charge on any atom is -0.444 e. The highest BCUT2D eigenvalue weighted by Gasteiger charge is 2.29. The smallest absolute Gasteiger partial charge is 0.410 e. The Bertz CT molecular complexity index is 1020. The quantitative estimate of drug-likeness (QED) is 0.717. The number of nitrogens with one attached hydrogen (secondary N) is 1. The average molecular weight is 467 g/mol. The van der Waals surface area contributed by atoms with Crippen molar-refractivity contribution in [3.8, 4) is 0 Å². The summed E-state index contributed by atoms with van der Waals surface area (Å²) in [6.07, 6.45) is 5.24. The van der Waals surface area contributed by atoms with Crippen molar-refractivity contribution in [1.82, 2.24) is 14.4 Å². The summed E-state index contributed by atoms with van der Waals surface area (Å²) >= 11 is 0. The standard InChI is InChI=1S/C26H34N4O4/c1-26(2,3)34-25(33)29-17-12-21(13-18-29)30-16-6-7-22(30)23(31)27-20-10-8-19(9-11-20)24(32)28-14-4-5-15-28/h6-11,16,21H,4-5,12-15,17-18H2,1-3H3,(H,27,31). The van der Waals surface area contributed by atoms with Crippen molar-refractivity contribution in [2.24, 2.45) is 0 Å². The minimum absolute atomic E-state index is 0.0435. The molecule has 182 valence electrons. The Hall–Kier alpha value is -3.29. The first-order chi connectivity index (χ1) is 16.2. The monoisotopic (exact) mass is 466 g/mol. The lowest BCUT2D eigenvalue weighted by Gasteiger charge is -2.34. The number of nitrogens with zero attached hydrogens (tertiary/aromatic N) is 3. The number of anilines is 1. The van der Waals surface area contributed by atoms with E-state index in [0.717, 1.165) is 38.8 Å². The molecule has 1 aromatic carbocycles. The minimum atomic E-state index is -0.515. The number of hydrogen-bond acceptors (Lipinski definition) is 4. The van der Waals surface area contributed by atoms with E-state index in [1.807, 2.05) is 42.5 Å². The van der Waals surface area contributed by atoms with Gasteiger partial charge in [0.2, 0.25) is 0 Å². The molecule has 0 atom stereocenters. The maximum atomic E-state index is 13.0. The lowest BCUT2D eigenvalue weighted by atomic mass is 10.0. The molecule has 8 heteroatoms. The van der Waals surface area contributed by atoms with Crippen LogP contribution < -0.4 is 5.32 Å². The lowest BCUT2D eigenvalue weighted by molar-refractivity contribution is 0.0187. The molecule has 3 amide bonds. The third-order valence-electron chi connectivity index (χ3n) is 6.30. The van der Waals surface area contributed by atoms with Gasteiger partial charge in [-0.1, -0.05) is 0 Å². The molecule has 34 heavy (non-hydrogen) atoms. The van der Waals surface area contributed by atoms with Gasteiger partial charge < -0.3 is 24.4 Å². The van der Waals surface area contributed by atoms with Crippen LogP contribution in [0.25, 0.3) is 0 Å². The number of carbonyl (C=O) groups excluding carboxylic acids is 3. The molecular formula is C26H34N4O4. The highest BCUT2D eigenvalue weighted by Crippen LogP contribution is 2.26. The van der Waals surface area contributed by atoms with E-state index < -0.39 is 5.60 Å². The fourth-order valence-corrected chi connectivity index (χ4v) is 4.55. The van der Waals surface area contributed by atoms with Gasteiger partial charge in [0.05, 0.1) is 0 Å². The van der Waals surface area contributed by atoms with Gasteiger partial charge in [0.1, 0.15) is 11.3 Å². The molecular weight excluding hydrogens is 432 g/mol. The Morgan fingerprint density at radius 1 is 0.912 bits per heavy atom. The second-order valence-corrected chi connectivity index (χ2v) is 10.0. The van der Waals surface area contributed by atoms with Gasteiger partial charge >= 0.3 is 6.09 Å². The summed E-state index contributed by atoms with van der Waals surface area (Å²) in [5, 5.41) is 2.94. The number of ether oxygens (including phenoxy) is 1. The van der Waals surface area contributed by atoms with Gasteiger partial charge in [0, 0.05) is 49.7 Å². The highest BCUT2D eigenvalue weighted by atomic mass is 16.6. The van der Waals surface area contributed by atoms with Crippen LogP contribution in [0.15, 0.2) is 42.6 Å². The van der Waals surface area contributed by atoms with E-state index in [0.29, 0.717) is 30.0 Å². The third kappa shape index (κ3) is 5.61. The number of rotatable bonds is 4. The summed E-state index contributed by atoms with van der Waals surface area (Å²) < 4.78 is 7.47. The fourth-order valence-electron chi connectivity index (χ4n) is 4.55. The maximum Gasteiger partial charge on any atom is 0.410 e. The molecule has 0 saturated carbocycles. The van der Waals surface area contributed by atoms with Gasteiger partial charge in [0.25, 0.3) is 11.8 Å². The summed E-state index contributed by atoms with van der Waals surface area (Å²) in [6, 6.07) is 10.9. The van der Waals surface area contributed by atoms with Crippen molar-refractivity contribution in [3.63, 3.8) is 0 Å². The van der Waals surface area contributed by atoms with Crippen molar-refractivity contribution in [1.29, 1.82) is 0 Å². The molecule has 8 nitrogen and oxygen atoms in total. The molecule has 0 radical (unpaired) electrons. The van der Waals surface area contributed by atoms with Crippen LogP contribution >= 0.6 is 0 Å². The summed E-state index contributed by atoms with van der Waals surface area (Å²) in [5.41, 5.74) is 1.35. The van der Waals surface area contributed by atoms with Crippen molar-refractivity contribution < 1.29 is 19.1 Å². The molecule has 1 N–H and O–H groups in total. The topological polar surface area (TPSA) is 83.9 Å². The summed E-state index contributed by atoms with van der Waals surface area (Å²) in [7, 11) is 0. The van der Waals surface area contributed by atoms with E-state index in [1.165, 1.54) is 0 Å². The zero-order valence-electron chi connectivity index (χ0n) is 20.3. The number of aromatic nitrogens is 1. The summed E-state index contributed by atoms with van der Waals surface area (Å²) in [6.45, 7) is 8.39. The first-order valence-corrected chi connectivity index (χ1v) is 12.1. The number of piperidine rings is 1. The highest BCUT2D eigenvalue weighted by molar-refractivity contribution is 6.03. The molecule has 1 aromatic heterocycles. The molecule has 4 rings (SSSR count). The van der Waals surface area contributed by atoms with Crippen LogP contribution in [-0.2, 0) is 4.74 Å². The summed E-state index contributed by atoms with van der Waals surface area (Å²) in [4.78, 5) is 41.5. The van der Waals surface area contributed by atoms with Crippen LogP contribution in [0, 0.1) is 0 Å². The zero-order chi connectivity index (χ0) is 24.3. The van der Waals surface area contributed by atoms with Gasteiger partial charge in [-0.25, -0.2) is 4.79 Å². The van der Waals surface area contributed by atoms with Crippen molar-refractivity contribution in [2.75, 3.05) is 31.5 Å². The van der Waals surface area contributed by atoms with E-state index >= 15 is 0 Å². The van der Waals surface area contributed by atoms with Crippen LogP contribution in [0.2, 0.25) is 0 Å². The molecule has 2 aromatic rings. The predicted octanol–water partition coefficient (Wildman–Crippen LogP) is 4.55. The molecule has 0 spiro atoms. The van der Waals surface area contributed by atoms with Crippen LogP contribution in [0.1, 0.15) is 73.3 Å². The van der Waals surface area contributed by atoms with Gasteiger partial charge in [-0.15, -0.1) is 0 Å². The van der Waals surface area contributed by atoms with Crippen molar-refractivity contribution in [2.45, 2.75) is 58.1 Å². The van der Waals surface area contributed by atoms with E-state index in [9.17, 15) is 14.4 Å². The van der Waals surface area contributed by atoms with Gasteiger partial charge in [-0.2, -0.15) is 0 Å². The van der Waals surface area contributed by atoms with Gasteiger partial charge in [-0.05, 0) is 82.9 Å². The Balaban J connectivity index is 1.35. The Morgan fingerprint density at radius 3 is 2.18 bits per heavy atom. The lowest BCUT2D eigenvalue weighted by Crippen LogP contribution is -2.42. The van der Waals surface area contributed by atoms with Gasteiger partial charge in [-0.3, -0.25) is 9.59 Å². The molecule has 2 saturated heterocycles. The maximum absolute atomic E-state index is 13.0. The van der Waals surface area contributed by atoms with Gasteiger partial charge in [0.15, 0.2) is 0 Å². The number of benzene rings is 1. The second-order valence-electron chi connectivity index (χ2n) is 10.0.